The van der Waals surface area contributed by atoms with E-state index in [4.69, 9.17) is 0 Å². The predicted molar refractivity (Wildman–Crippen MR) is 70.7 cm³/mol. The highest BCUT2D eigenvalue weighted by Crippen LogP contribution is 2.13. The van der Waals surface area contributed by atoms with Crippen LogP contribution in [0.3, 0.4) is 0 Å². The zero-order valence-corrected chi connectivity index (χ0v) is 11.3. The minimum absolute atomic E-state index is 0.757. The summed E-state index contributed by atoms with van der Waals surface area (Å²) in [4.78, 5) is 2.68. The summed E-state index contributed by atoms with van der Waals surface area (Å²) in [5, 5.41) is 3.50. The highest BCUT2D eigenvalue weighted by Gasteiger charge is 2.23. The highest BCUT2D eigenvalue weighted by atomic mass is 32.2. The molecule has 0 aliphatic carbocycles. The van der Waals surface area contributed by atoms with Crippen LogP contribution in [-0.4, -0.2) is 49.1 Å². The van der Waals surface area contributed by atoms with E-state index in [0.29, 0.717) is 0 Å². The first-order chi connectivity index (χ1) is 7.25. The summed E-state index contributed by atoms with van der Waals surface area (Å²) in [5.41, 5.74) is 0. The second-order valence-electron chi connectivity index (χ2n) is 4.75. The zero-order chi connectivity index (χ0) is 11.1. The van der Waals surface area contributed by atoms with Gasteiger partial charge in [0.05, 0.1) is 0 Å². The van der Waals surface area contributed by atoms with Crippen LogP contribution in [0.15, 0.2) is 0 Å². The molecule has 90 valence electrons. The van der Waals surface area contributed by atoms with Crippen LogP contribution in [-0.2, 0) is 0 Å². The van der Waals surface area contributed by atoms with Gasteiger partial charge in [-0.05, 0) is 37.3 Å². The van der Waals surface area contributed by atoms with Crippen LogP contribution in [0.5, 0.6) is 0 Å². The van der Waals surface area contributed by atoms with E-state index in [1.54, 1.807) is 0 Å². The molecule has 1 aliphatic heterocycles. The summed E-state index contributed by atoms with van der Waals surface area (Å²) in [6.45, 7) is 9.57. The summed E-state index contributed by atoms with van der Waals surface area (Å²) < 4.78 is 0. The van der Waals surface area contributed by atoms with Crippen molar-refractivity contribution in [1.29, 1.82) is 0 Å². The number of nitrogens with zero attached hydrogens (tertiary/aromatic N) is 1. The van der Waals surface area contributed by atoms with Crippen molar-refractivity contribution in [2.24, 2.45) is 5.92 Å². The average molecular weight is 230 g/mol. The Kier molecular flexibility index (Phi) is 6.69. The Balaban J connectivity index is 2.23. The van der Waals surface area contributed by atoms with Crippen molar-refractivity contribution in [3.63, 3.8) is 0 Å². The van der Waals surface area contributed by atoms with Crippen LogP contribution < -0.4 is 5.32 Å². The summed E-state index contributed by atoms with van der Waals surface area (Å²) >= 11 is 1.96. The van der Waals surface area contributed by atoms with E-state index >= 15 is 0 Å². The smallest absolute Gasteiger partial charge is 0.0244 e. The fraction of sp³-hybridized carbons (Fsp3) is 1.00. The molecule has 15 heavy (non-hydrogen) atoms. The molecule has 1 atom stereocenters. The molecule has 0 spiro atoms. The van der Waals surface area contributed by atoms with Crippen molar-refractivity contribution < 1.29 is 0 Å². The van der Waals surface area contributed by atoms with Gasteiger partial charge in [-0.1, -0.05) is 13.8 Å². The van der Waals surface area contributed by atoms with Gasteiger partial charge >= 0.3 is 0 Å². The SMILES string of the molecule is CSCCCCN1CCNCC1C(C)C. The Labute approximate surface area is 99.2 Å². The lowest BCUT2D eigenvalue weighted by Crippen LogP contribution is -2.53. The Morgan fingerprint density at radius 3 is 2.87 bits per heavy atom. The van der Waals surface area contributed by atoms with Gasteiger partial charge in [-0.2, -0.15) is 11.8 Å². The summed E-state index contributed by atoms with van der Waals surface area (Å²) in [6.07, 6.45) is 4.93. The van der Waals surface area contributed by atoms with E-state index in [-0.39, 0.29) is 0 Å². The molecule has 0 bridgehead atoms. The first kappa shape index (κ1) is 13.3. The van der Waals surface area contributed by atoms with Crippen LogP contribution in [0.2, 0.25) is 0 Å². The second kappa shape index (κ2) is 7.53. The van der Waals surface area contributed by atoms with Crippen LogP contribution in [0.1, 0.15) is 26.7 Å². The molecule has 0 amide bonds. The molecule has 0 aromatic carbocycles. The highest BCUT2D eigenvalue weighted by molar-refractivity contribution is 7.98. The van der Waals surface area contributed by atoms with Crippen LogP contribution in [0.4, 0.5) is 0 Å². The first-order valence-corrected chi connectivity index (χ1v) is 7.58. The maximum atomic E-state index is 3.50. The number of piperazine rings is 1. The van der Waals surface area contributed by atoms with Crippen molar-refractivity contribution in [3.05, 3.63) is 0 Å². The Morgan fingerprint density at radius 2 is 2.20 bits per heavy atom. The lowest BCUT2D eigenvalue weighted by Gasteiger charge is -2.38. The topological polar surface area (TPSA) is 15.3 Å². The molecule has 0 aromatic heterocycles. The number of nitrogens with one attached hydrogen (secondary N) is 1. The summed E-state index contributed by atoms with van der Waals surface area (Å²) in [6, 6.07) is 0.757. The molecule has 0 radical (unpaired) electrons. The fourth-order valence-electron chi connectivity index (χ4n) is 2.26. The minimum Gasteiger partial charge on any atom is -0.314 e. The molecule has 0 saturated carbocycles. The van der Waals surface area contributed by atoms with E-state index in [0.717, 1.165) is 12.0 Å². The fourth-order valence-corrected chi connectivity index (χ4v) is 2.76. The molecule has 1 saturated heterocycles. The van der Waals surface area contributed by atoms with Gasteiger partial charge in [0.2, 0.25) is 0 Å². The van der Waals surface area contributed by atoms with Crippen molar-refractivity contribution in [2.75, 3.05) is 38.2 Å². The quantitative estimate of drug-likeness (QED) is 0.703. The normalized spacial score (nSPS) is 23.6. The molecular formula is C12H26N2S. The molecule has 0 aromatic rings. The van der Waals surface area contributed by atoms with E-state index < -0.39 is 0 Å². The molecule has 1 heterocycles. The third-order valence-electron chi connectivity index (χ3n) is 3.21. The first-order valence-electron chi connectivity index (χ1n) is 6.19. The van der Waals surface area contributed by atoms with E-state index in [1.165, 1.54) is 44.8 Å². The van der Waals surface area contributed by atoms with E-state index in [9.17, 15) is 0 Å². The number of thioether (sulfide) groups is 1. The van der Waals surface area contributed by atoms with Gasteiger partial charge in [0.1, 0.15) is 0 Å². The van der Waals surface area contributed by atoms with Gasteiger partial charge < -0.3 is 5.32 Å². The van der Waals surface area contributed by atoms with Crippen molar-refractivity contribution in [1.82, 2.24) is 10.2 Å². The predicted octanol–water partition coefficient (Wildman–Crippen LogP) is 2.06. The molecule has 2 nitrogen and oxygen atoms in total. The van der Waals surface area contributed by atoms with Crippen LogP contribution in [0.25, 0.3) is 0 Å². The average Bonchev–Trinajstić information content (AvgIpc) is 2.25. The molecule has 1 rings (SSSR count). The molecule has 1 aliphatic rings. The van der Waals surface area contributed by atoms with Gasteiger partial charge in [0.15, 0.2) is 0 Å². The van der Waals surface area contributed by atoms with Gasteiger partial charge in [0.25, 0.3) is 0 Å². The standard InChI is InChI=1S/C12H26N2S/c1-11(2)12-10-13-6-8-14(12)7-4-5-9-15-3/h11-13H,4-10H2,1-3H3. The maximum absolute atomic E-state index is 3.50. The third-order valence-corrected chi connectivity index (χ3v) is 3.91. The number of hydrogen-bond acceptors (Lipinski definition) is 3. The third kappa shape index (κ3) is 4.75. The van der Waals surface area contributed by atoms with E-state index in [2.05, 4.69) is 30.3 Å². The Morgan fingerprint density at radius 1 is 1.40 bits per heavy atom. The largest absolute Gasteiger partial charge is 0.314 e. The van der Waals surface area contributed by atoms with Gasteiger partial charge in [-0.25, -0.2) is 0 Å². The van der Waals surface area contributed by atoms with Crippen molar-refractivity contribution in [2.45, 2.75) is 32.7 Å². The minimum atomic E-state index is 0.757. The molecule has 3 heteroatoms. The van der Waals surface area contributed by atoms with Crippen LogP contribution in [0, 0.1) is 5.92 Å². The van der Waals surface area contributed by atoms with Gasteiger partial charge in [0, 0.05) is 25.7 Å². The van der Waals surface area contributed by atoms with Crippen molar-refractivity contribution >= 4 is 11.8 Å². The molecule has 1 N–H and O–H groups in total. The van der Waals surface area contributed by atoms with E-state index in [1.807, 2.05) is 11.8 Å². The molecule has 1 fully saturated rings. The zero-order valence-electron chi connectivity index (χ0n) is 10.5. The Bertz CT molecular complexity index is 162. The Hall–Kier alpha value is 0.270. The van der Waals surface area contributed by atoms with Gasteiger partial charge in [-0.3, -0.25) is 4.90 Å². The van der Waals surface area contributed by atoms with Crippen molar-refractivity contribution in [3.8, 4) is 0 Å². The second-order valence-corrected chi connectivity index (χ2v) is 5.74. The van der Waals surface area contributed by atoms with Gasteiger partial charge in [-0.15, -0.1) is 0 Å². The number of hydrogen-bond donors (Lipinski definition) is 1. The number of rotatable bonds is 6. The summed E-state index contributed by atoms with van der Waals surface area (Å²) in [5.74, 6) is 2.09. The molecule has 1 unspecified atom stereocenters. The maximum Gasteiger partial charge on any atom is 0.0244 e. The van der Waals surface area contributed by atoms with Crippen LogP contribution >= 0.6 is 11.8 Å². The number of unbranched alkanes of at least 4 members (excludes halogenated alkanes) is 1. The summed E-state index contributed by atoms with van der Waals surface area (Å²) in [7, 11) is 0. The molecular weight excluding hydrogens is 204 g/mol. The lowest BCUT2D eigenvalue weighted by molar-refractivity contribution is 0.123. The lowest BCUT2D eigenvalue weighted by atomic mass is 10.0. The monoisotopic (exact) mass is 230 g/mol.